The van der Waals surface area contributed by atoms with E-state index in [4.69, 9.17) is 12.2 Å². The molecule has 3 nitrogen and oxygen atoms in total. The molecule has 148 valence electrons. The van der Waals surface area contributed by atoms with E-state index in [1.807, 2.05) is 73.7 Å². The lowest BCUT2D eigenvalue weighted by molar-refractivity contribution is 0.590. The lowest BCUT2D eigenvalue weighted by Crippen LogP contribution is -2.12. The van der Waals surface area contributed by atoms with E-state index in [1.165, 1.54) is 15.3 Å². The summed E-state index contributed by atoms with van der Waals surface area (Å²) in [7, 11) is -3.81. The van der Waals surface area contributed by atoms with E-state index >= 15 is 0 Å². The van der Waals surface area contributed by atoms with Crippen molar-refractivity contribution in [2.24, 2.45) is 0 Å². The van der Waals surface area contributed by atoms with Crippen molar-refractivity contribution >= 4 is 55.4 Å². The Hall–Kier alpha value is -2.80. The summed E-state index contributed by atoms with van der Waals surface area (Å²) in [5.74, 6) is 0. The molecule has 2 aromatic heterocycles. The maximum Gasteiger partial charge on any atom is 0.268 e. The summed E-state index contributed by atoms with van der Waals surface area (Å²) < 4.78 is 29.5. The summed E-state index contributed by atoms with van der Waals surface area (Å²) in [4.78, 5) is 1.24. The van der Waals surface area contributed by atoms with Crippen LogP contribution in [0.3, 0.4) is 0 Å². The number of hydrogen-bond donors (Lipinski definition) is 0. The molecule has 0 fully saturated rings. The number of fused-ring (bicyclic) bond motifs is 3. The second-order valence-corrected chi connectivity index (χ2v) is 10.7. The van der Waals surface area contributed by atoms with Gasteiger partial charge >= 0.3 is 0 Å². The van der Waals surface area contributed by atoms with Crippen molar-refractivity contribution in [3.8, 4) is 10.4 Å². The topological polar surface area (TPSA) is 39.1 Å². The van der Waals surface area contributed by atoms with Gasteiger partial charge in [-0.05, 0) is 36.8 Å². The largest absolute Gasteiger partial charge is 0.268 e. The van der Waals surface area contributed by atoms with E-state index in [0.717, 1.165) is 26.8 Å². The first-order valence-electron chi connectivity index (χ1n) is 9.42. The first-order chi connectivity index (χ1) is 14.5. The van der Waals surface area contributed by atoms with E-state index in [9.17, 15) is 8.42 Å². The van der Waals surface area contributed by atoms with Crippen LogP contribution >= 0.6 is 23.6 Å². The van der Waals surface area contributed by atoms with Gasteiger partial charge < -0.3 is 0 Å². The third kappa shape index (κ3) is 2.99. The van der Waals surface area contributed by atoms with Crippen LogP contribution in [0.5, 0.6) is 0 Å². The monoisotopic (exact) mass is 447 g/mol. The average Bonchev–Trinajstić information content (AvgIpc) is 3.08. The molecule has 0 aliphatic heterocycles. The summed E-state index contributed by atoms with van der Waals surface area (Å²) in [6.07, 6.45) is 0. The van der Waals surface area contributed by atoms with Crippen molar-refractivity contribution in [2.75, 3.05) is 0 Å². The highest BCUT2D eigenvalue weighted by Gasteiger charge is 2.25. The molecule has 5 aromatic rings. The molecule has 0 atom stereocenters. The van der Waals surface area contributed by atoms with Crippen LogP contribution in [0.4, 0.5) is 0 Å². The standard InChI is InChI=1S/C24H17NO2S3/c1-16-11-13-18(14-12-16)30(26,27)25-20-10-6-5-9-19(20)23-21(25)15-22(28)29-24(23)17-7-3-2-4-8-17/h2-15H,1H3. The van der Waals surface area contributed by atoms with Crippen molar-refractivity contribution < 1.29 is 8.42 Å². The third-order valence-electron chi connectivity index (χ3n) is 5.15. The summed E-state index contributed by atoms with van der Waals surface area (Å²) in [6.45, 7) is 1.94. The van der Waals surface area contributed by atoms with Crippen LogP contribution in [-0.2, 0) is 10.0 Å². The van der Waals surface area contributed by atoms with Gasteiger partial charge in [-0.3, -0.25) is 0 Å². The van der Waals surface area contributed by atoms with Gasteiger partial charge in [-0.2, -0.15) is 0 Å². The van der Waals surface area contributed by atoms with Gasteiger partial charge in [-0.25, -0.2) is 12.4 Å². The Morgan fingerprint density at radius 3 is 2.23 bits per heavy atom. The summed E-state index contributed by atoms with van der Waals surface area (Å²) in [5.41, 5.74) is 3.30. The molecule has 2 heterocycles. The Morgan fingerprint density at radius 1 is 0.833 bits per heavy atom. The normalized spacial score (nSPS) is 11.9. The lowest BCUT2D eigenvalue weighted by Gasteiger charge is -2.10. The number of nitrogens with zero attached hydrogens (tertiary/aromatic N) is 1. The lowest BCUT2D eigenvalue weighted by atomic mass is 10.1. The van der Waals surface area contributed by atoms with Gasteiger partial charge in [0.05, 0.1) is 19.8 Å². The number of hydrogen-bond acceptors (Lipinski definition) is 4. The quantitative estimate of drug-likeness (QED) is 0.286. The molecule has 0 unspecified atom stereocenters. The molecule has 0 amide bonds. The van der Waals surface area contributed by atoms with Crippen molar-refractivity contribution in [2.45, 2.75) is 11.8 Å². The van der Waals surface area contributed by atoms with Crippen molar-refractivity contribution in [1.29, 1.82) is 0 Å². The zero-order chi connectivity index (χ0) is 20.9. The van der Waals surface area contributed by atoms with E-state index in [-0.39, 0.29) is 4.90 Å². The second kappa shape index (κ2) is 7.16. The van der Waals surface area contributed by atoms with Crippen LogP contribution in [0, 0.1) is 10.7 Å². The molecule has 0 bridgehead atoms. The molecule has 6 heteroatoms. The first kappa shape index (κ1) is 19.2. The van der Waals surface area contributed by atoms with Gasteiger partial charge in [0.1, 0.15) is 0 Å². The zero-order valence-electron chi connectivity index (χ0n) is 16.1. The fourth-order valence-corrected chi connectivity index (χ4v) is 6.58. The maximum atomic E-state index is 13.7. The molecule has 0 aliphatic rings. The fourth-order valence-electron chi connectivity index (χ4n) is 3.76. The summed E-state index contributed by atoms with van der Waals surface area (Å²) in [5, 5.41) is 1.80. The molecule has 0 N–H and O–H groups in total. The maximum absolute atomic E-state index is 13.7. The van der Waals surface area contributed by atoms with E-state index in [1.54, 1.807) is 18.2 Å². The predicted molar refractivity (Wildman–Crippen MR) is 127 cm³/mol. The van der Waals surface area contributed by atoms with Gasteiger partial charge in [-0.1, -0.05) is 78.4 Å². The molecular weight excluding hydrogens is 430 g/mol. The van der Waals surface area contributed by atoms with Crippen LogP contribution in [0.1, 0.15) is 5.56 Å². The Labute approximate surface area is 183 Å². The van der Waals surface area contributed by atoms with Crippen molar-refractivity contribution in [3.05, 3.63) is 94.3 Å². The minimum Gasteiger partial charge on any atom is -0.233 e. The minimum absolute atomic E-state index is 0.260. The van der Waals surface area contributed by atoms with E-state index in [0.29, 0.717) is 14.9 Å². The van der Waals surface area contributed by atoms with Crippen molar-refractivity contribution in [3.63, 3.8) is 0 Å². The van der Waals surface area contributed by atoms with Gasteiger partial charge in [0.15, 0.2) is 0 Å². The van der Waals surface area contributed by atoms with Crippen LogP contribution in [-0.4, -0.2) is 12.4 Å². The zero-order valence-corrected chi connectivity index (χ0v) is 18.5. The molecule has 5 rings (SSSR count). The number of para-hydroxylation sites is 1. The minimum atomic E-state index is -3.81. The second-order valence-electron chi connectivity index (χ2n) is 7.12. The molecule has 0 spiro atoms. The molecule has 0 aliphatic carbocycles. The van der Waals surface area contributed by atoms with Crippen molar-refractivity contribution in [1.82, 2.24) is 3.97 Å². The van der Waals surface area contributed by atoms with Crippen LogP contribution < -0.4 is 0 Å². The molecule has 0 radical (unpaired) electrons. The number of benzene rings is 3. The highest BCUT2D eigenvalue weighted by atomic mass is 32.2. The Balaban J connectivity index is 1.96. The molecule has 30 heavy (non-hydrogen) atoms. The highest BCUT2D eigenvalue weighted by molar-refractivity contribution is 7.90. The smallest absolute Gasteiger partial charge is 0.233 e. The molecule has 0 saturated carbocycles. The Bertz CT molecular complexity index is 1560. The average molecular weight is 448 g/mol. The number of rotatable bonds is 3. The van der Waals surface area contributed by atoms with Crippen LogP contribution in [0.25, 0.3) is 32.2 Å². The highest BCUT2D eigenvalue weighted by Crippen LogP contribution is 2.41. The fraction of sp³-hybridized carbons (Fsp3) is 0.0417. The summed E-state index contributed by atoms with van der Waals surface area (Å²) in [6, 6.07) is 26.3. The molecule has 3 aromatic carbocycles. The predicted octanol–water partition coefficient (Wildman–Crippen LogP) is 6.80. The Kier molecular flexibility index (Phi) is 4.58. The molecule has 0 saturated heterocycles. The number of aryl methyl sites for hydroxylation is 1. The van der Waals surface area contributed by atoms with E-state index in [2.05, 4.69) is 0 Å². The van der Waals surface area contributed by atoms with Gasteiger partial charge in [0.2, 0.25) is 0 Å². The van der Waals surface area contributed by atoms with Crippen LogP contribution in [0.15, 0.2) is 89.8 Å². The van der Waals surface area contributed by atoms with E-state index < -0.39 is 10.0 Å². The number of aromatic nitrogens is 1. The van der Waals surface area contributed by atoms with Gasteiger partial charge in [-0.15, -0.1) is 11.3 Å². The summed E-state index contributed by atoms with van der Waals surface area (Å²) >= 11 is 7.06. The SMILES string of the molecule is Cc1ccc(S(=O)(=O)n2c3ccccc3c3c(-c4ccccc4)sc(=S)cc32)cc1. The first-order valence-corrected chi connectivity index (χ1v) is 12.1. The molecular formula is C24H17NO2S3. The Morgan fingerprint density at radius 2 is 1.50 bits per heavy atom. The van der Waals surface area contributed by atoms with Crippen LogP contribution in [0.2, 0.25) is 0 Å². The van der Waals surface area contributed by atoms with Gasteiger partial charge in [0.25, 0.3) is 10.0 Å². The third-order valence-corrected chi connectivity index (χ3v) is 8.22. The van der Waals surface area contributed by atoms with Gasteiger partial charge in [0, 0.05) is 15.6 Å².